The first kappa shape index (κ1) is 16.4. The van der Waals surface area contributed by atoms with E-state index in [1.807, 2.05) is 6.07 Å². The lowest BCUT2D eigenvalue weighted by Gasteiger charge is -2.12. The molecular weight excluding hydrogens is 403 g/mol. The van der Waals surface area contributed by atoms with E-state index in [0.29, 0.717) is 22.6 Å². The van der Waals surface area contributed by atoms with Crippen LogP contribution in [0.3, 0.4) is 0 Å². The highest BCUT2D eigenvalue weighted by molar-refractivity contribution is 9.10. The number of aromatic nitrogens is 1. The van der Waals surface area contributed by atoms with Crippen LogP contribution >= 0.6 is 31.9 Å². The van der Waals surface area contributed by atoms with Gasteiger partial charge in [0.2, 0.25) is 5.88 Å². The summed E-state index contributed by atoms with van der Waals surface area (Å²) in [5.74, 6) is 0.722. The molecule has 0 spiro atoms. The lowest BCUT2D eigenvalue weighted by Crippen LogP contribution is -2.14. The second-order valence-electron chi connectivity index (χ2n) is 4.47. The van der Waals surface area contributed by atoms with Crippen LogP contribution in [0.15, 0.2) is 39.4 Å². The number of benzene rings is 1. The summed E-state index contributed by atoms with van der Waals surface area (Å²) >= 11 is 6.70. The van der Waals surface area contributed by atoms with E-state index in [0.717, 1.165) is 23.0 Å². The van der Waals surface area contributed by atoms with Gasteiger partial charge in [-0.1, -0.05) is 6.92 Å². The summed E-state index contributed by atoms with van der Waals surface area (Å²) in [6.07, 6.45) is 2.73. The number of hydrogen-bond donors (Lipinski definition) is 1. The van der Waals surface area contributed by atoms with Crippen LogP contribution in [0, 0.1) is 5.82 Å². The normalized spacial score (nSPS) is 10.7. The van der Waals surface area contributed by atoms with Crippen LogP contribution in [0.25, 0.3) is 0 Å². The van der Waals surface area contributed by atoms with Crippen LogP contribution in [0.2, 0.25) is 0 Å². The van der Waals surface area contributed by atoms with Crippen molar-refractivity contribution in [3.63, 3.8) is 0 Å². The molecule has 1 aromatic carbocycles. The molecule has 0 atom stereocenters. The molecule has 0 aliphatic carbocycles. The lowest BCUT2D eigenvalue weighted by atomic mass is 10.2. The van der Waals surface area contributed by atoms with Crippen molar-refractivity contribution in [1.82, 2.24) is 10.3 Å². The quantitative estimate of drug-likeness (QED) is 0.668. The van der Waals surface area contributed by atoms with E-state index >= 15 is 0 Å². The van der Waals surface area contributed by atoms with Gasteiger partial charge in [-0.15, -0.1) is 0 Å². The molecule has 0 amide bonds. The summed E-state index contributed by atoms with van der Waals surface area (Å²) in [4.78, 5) is 4.29. The zero-order valence-electron chi connectivity index (χ0n) is 11.5. The molecule has 1 N–H and O–H groups in total. The van der Waals surface area contributed by atoms with Gasteiger partial charge in [-0.05, 0) is 69.1 Å². The third-order valence-electron chi connectivity index (χ3n) is 2.73. The summed E-state index contributed by atoms with van der Waals surface area (Å²) in [5.41, 5.74) is 0.939. The van der Waals surface area contributed by atoms with Crippen molar-refractivity contribution < 1.29 is 9.13 Å². The fourth-order valence-electron chi connectivity index (χ4n) is 1.75. The Morgan fingerprint density at radius 3 is 2.81 bits per heavy atom. The number of pyridine rings is 1. The number of halogens is 3. The van der Waals surface area contributed by atoms with Crippen molar-refractivity contribution >= 4 is 31.9 Å². The van der Waals surface area contributed by atoms with Crippen LogP contribution in [0.4, 0.5) is 4.39 Å². The predicted octanol–water partition coefficient (Wildman–Crippen LogP) is 5.04. The molecule has 3 nitrogen and oxygen atoms in total. The molecular formula is C15H15Br2FN2O. The molecule has 0 aliphatic heterocycles. The monoisotopic (exact) mass is 416 g/mol. The highest BCUT2D eigenvalue weighted by Gasteiger charge is 2.10. The number of rotatable bonds is 6. The van der Waals surface area contributed by atoms with Gasteiger partial charge < -0.3 is 10.1 Å². The minimum atomic E-state index is -0.317. The molecule has 21 heavy (non-hydrogen) atoms. The van der Waals surface area contributed by atoms with Crippen molar-refractivity contribution in [3.05, 3.63) is 50.8 Å². The molecule has 1 heterocycles. The van der Waals surface area contributed by atoms with Gasteiger partial charge in [0.05, 0.1) is 4.47 Å². The molecule has 1 aromatic heterocycles. The van der Waals surface area contributed by atoms with Crippen molar-refractivity contribution in [3.8, 4) is 11.6 Å². The van der Waals surface area contributed by atoms with E-state index in [1.54, 1.807) is 12.3 Å². The summed E-state index contributed by atoms with van der Waals surface area (Å²) in [5, 5.41) is 3.32. The summed E-state index contributed by atoms with van der Waals surface area (Å²) in [7, 11) is 0. The van der Waals surface area contributed by atoms with Crippen LogP contribution in [-0.2, 0) is 6.54 Å². The molecule has 112 valence electrons. The Balaban J connectivity index is 2.22. The molecule has 0 saturated carbocycles. The van der Waals surface area contributed by atoms with E-state index < -0.39 is 0 Å². The van der Waals surface area contributed by atoms with Crippen LogP contribution in [0.1, 0.15) is 18.9 Å². The van der Waals surface area contributed by atoms with E-state index in [-0.39, 0.29) is 5.82 Å². The van der Waals surface area contributed by atoms with Crippen LogP contribution < -0.4 is 10.1 Å². The van der Waals surface area contributed by atoms with Gasteiger partial charge in [0.15, 0.2) is 0 Å². The van der Waals surface area contributed by atoms with Crippen LogP contribution in [0.5, 0.6) is 11.6 Å². The van der Waals surface area contributed by atoms with Gasteiger partial charge in [0, 0.05) is 22.8 Å². The van der Waals surface area contributed by atoms with Gasteiger partial charge >= 0.3 is 0 Å². The van der Waals surface area contributed by atoms with E-state index in [1.165, 1.54) is 12.1 Å². The maximum Gasteiger partial charge on any atom is 0.223 e. The Labute approximate surface area is 140 Å². The number of hydrogen-bond acceptors (Lipinski definition) is 3. The molecule has 2 rings (SSSR count). The number of ether oxygens (including phenoxy) is 1. The molecule has 6 heteroatoms. The topological polar surface area (TPSA) is 34.2 Å². The molecule has 0 aliphatic rings. The van der Waals surface area contributed by atoms with Crippen molar-refractivity contribution in [1.29, 1.82) is 0 Å². The third kappa shape index (κ3) is 4.76. The Kier molecular flexibility index (Phi) is 6.14. The Bertz CT molecular complexity index is 623. The van der Waals surface area contributed by atoms with E-state index in [2.05, 4.69) is 49.1 Å². The minimum Gasteiger partial charge on any atom is -0.438 e. The van der Waals surface area contributed by atoms with Crippen molar-refractivity contribution in [2.75, 3.05) is 6.54 Å². The van der Waals surface area contributed by atoms with Crippen LogP contribution in [-0.4, -0.2) is 11.5 Å². The number of nitrogens with zero attached hydrogens (tertiary/aromatic N) is 1. The van der Waals surface area contributed by atoms with Gasteiger partial charge in [0.25, 0.3) is 0 Å². The summed E-state index contributed by atoms with van der Waals surface area (Å²) in [6, 6.07) is 6.26. The minimum absolute atomic E-state index is 0.317. The van der Waals surface area contributed by atoms with Gasteiger partial charge in [-0.3, -0.25) is 0 Å². The fraction of sp³-hybridized carbons (Fsp3) is 0.267. The SMILES string of the molecule is CCCNCc1cc(Br)cnc1Oc1ccc(F)cc1Br. The van der Waals surface area contributed by atoms with E-state index in [9.17, 15) is 4.39 Å². The smallest absolute Gasteiger partial charge is 0.223 e. The van der Waals surface area contributed by atoms with Crippen molar-refractivity contribution in [2.45, 2.75) is 19.9 Å². The fourth-order valence-corrected chi connectivity index (χ4v) is 2.56. The van der Waals surface area contributed by atoms with Gasteiger partial charge in [0.1, 0.15) is 11.6 Å². The summed E-state index contributed by atoms with van der Waals surface area (Å²) < 4.78 is 20.3. The third-order valence-corrected chi connectivity index (χ3v) is 3.79. The van der Waals surface area contributed by atoms with E-state index in [4.69, 9.17) is 4.74 Å². The summed E-state index contributed by atoms with van der Waals surface area (Å²) in [6.45, 7) is 3.69. The lowest BCUT2D eigenvalue weighted by molar-refractivity contribution is 0.448. The molecule has 0 radical (unpaired) electrons. The molecule has 0 saturated heterocycles. The average molecular weight is 418 g/mol. The molecule has 0 fully saturated rings. The Morgan fingerprint density at radius 1 is 1.29 bits per heavy atom. The number of nitrogens with one attached hydrogen (secondary N) is 1. The van der Waals surface area contributed by atoms with Crippen molar-refractivity contribution in [2.24, 2.45) is 0 Å². The Morgan fingerprint density at radius 2 is 2.10 bits per heavy atom. The predicted molar refractivity (Wildman–Crippen MR) is 88.1 cm³/mol. The highest BCUT2D eigenvalue weighted by atomic mass is 79.9. The highest BCUT2D eigenvalue weighted by Crippen LogP contribution is 2.31. The first-order valence-corrected chi connectivity index (χ1v) is 8.16. The van der Waals surface area contributed by atoms with Gasteiger partial charge in [-0.2, -0.15) is 0 Å². The zero-order valence-corrected chi connectivity index (χ0v) is 14.7. The molecule has 0 unspecified atom stereocenters. The second-order valence-corrected chi connectivity index (χ2v) is 6.24. The van der Waals surface area contributed by atoms with Gasteiger partial charge in [-0.25, -0.2) is 9.37 Å². The molecule has 0 bridgehead atoms. The first-order chi connectivity index (χ1) is 10.1. The first-order valence-electron chi connectivity index (χ1n) is 6.58. The second kappa shape index (κ2) is 7.87. The maximum atomic E-state index is 13.1. The molecule has 2 aromatic rings. The zero-order chi connectivity index (χ0) is 15.2. The largest absolute Gasteiger partial charge is 0.438 e. The Hall–Kier alpha value is -0.980. The maximum absolute atomic E-state index is 13.1. The average Bonchev–Trinajstić information content (AvgIpc) is 2.44. The standard InChI is InChI=1S/C15H15Br2FN2O/c1-2-5-19-8-10-6-11(16)9-20-15(10)21-14-4-3-12(18)7-13(14)17/h3-4,6-7,9,19H,2,5,8H2,1H3.